The van der Waals surface area contributed by atoms with E-state index in [-0.39, 0.29) is 10.9 Å². The van der Waals surface area contributed by atoms with Gasteiger partial charge in [0.1, 0.15) is 11.5 Å². The van der Waals surface area contributed by atoms with E-state index in [1.807, 2.05) is 72.8 Å². The first-order valence-electron chi connectivity index (χ1n) is 12.0. The molecule has 5 aromatic rings. The largest absolute Gasteiger partial charge is 0.423 e. The lowest BCUT2D eigenvalue weighted by atomic mass is 10.2. The number of hydrogen-bond donors (Lipinski definition) is 0. The molecule has 0 atom stereocenters. The molecule has 5 aromatic carbocycles. The van der Waals surface area contributed by atoms with Crippen LogP contribution in [-0.4, -0.2) is 11.9 Å². The predicted molar refractivity (Wildman–Crippen MR) is 182 cm³/mol. The highest BCUT2D eigenvalue weighted by molar-refractivity contribution is 14.1. The van der Waals surface area contributed by atoms with E-state index < -0.39 is 11.9 Å². The van der Waals surface area contributed by atoms with Crippen molar-refractivity contribution in [2.24, 2.45) is 0 Å². The van der Waals surface area contributed by atoms with Crippen LogP contribution in [0.3, 0.4) is 0 Å². The molecular weight excluding hydrogens is 861 g/mol. The first kappa shape index (κ1) is 29.1. The van der Waals surface area contributed by atoms with Gasteiger partial charge in [-0.25, -0.2) is 9.59 Å². The van der Waals surface area contributed by atoms with E-state index in [0.717, 1.165) is 15.6 Å². The highest BCUT2D eigenvalue weighted by Gasteiger charge is 2.28. The van der Waals surface area contributed by atoms with Crippen LogP contribution in [0.4, 0.5) is 0 Å². The molecule has 0 N–H and O–H groups in total. The molecule has 0 unspecified atom stereocenters. The van der Waals surface area contributed by atoms with Crippen molar-refractivity contribution in [3.8, 4) is 11.5 Å². The van der Waals surface area contributed by atoms with Crippen LogP contribution in [0.25, 0.3) is 0 Å². The molecule has 0 saturated carbocycles. The summed E-state index contributed by atoms with van der Waals surface area (Å²) in [5.41, 5.74) is 0.887. The predicted octanol–water partition coefficient (Wildman–Crippen LogP) is 9.03. The maximum atomic E-state index is 12.8. The number of ether oxygens (including phenoxy) is 2. The highest BCUT2D eigenvalue weighted by atomic mass is 127. The van der Waals surface area contributed by atoms with Crippen molar-refractivity contribution >= 4 is 90.6 Å². The molecule has 5 rings (SSSR count). The van der Waals surface area contributed by atoms with E-state index in [9.17, 15) is 9.59 Å². The van der Waals surface area contributed by atoms with Crippen LogP contribution in [0.2, 0.25) is 0 Å². The van der Waals surface area contributed by atoms with Crippen molar-refractivity contribution in [2.75, 3.05) is 0 Å². The quantitative estimate of drug-likeness (QED) is 0.0539. The molecule has 0 bridgehead atoms. The van der Waals surface area contributed by atoms with Crippen LogP contribution in [0.5, 0.6) is 11.5 Å². The van der Waals surface area contributed by atoms with Crippen LogP contribution in [0.1, 0.15) is 20.7 Å². The van der Waals surface area contributed by atoms with Crippen molar-refractivity contribution < 1.29 is 19.1 Å². The number of carbonyl (C=O) groups is 2. The van der Waals surface area contributed by atoms with Crippen molar-refractivity contribution in [1.29, 1.82) is 0 Å². The van der Waals surface area contributed by atoms with Gasteiger partial charge in [0.25, 0.3) is 0 Å². The Morgan fingerprint density at radius 3 is 1.50 bits per heavy atom. The van der Waals surface area contributed by atoms with Gasteiger partial charge in [-0.05, 0) is 153 Å². The van der Waals surface area contributed by atoms with Gasteiger partial charge in [-0.2, -0.15) is 0 Å². The molecule has 0 amide bonds. The Morgan fingerprint density at radius 1 is 0.500 bits per heavy atom. The SMILES string of the molecule is O=C(Oc1ccc([S+](c2ccccc2)c2ccccc2)cc1)c1ccc(OC(=O)c2c(I)ccc(I)c2I)cc1. The van der Waals surface area contributed by atoms with Gasteiger partial charge >= 0.3 is 11.9 Å². The third-order valence-corrected chi connectivity index (χ3v) is 12.0. The van der Waals surface area contributed by atoms with Crippen LogP contribution in [-0.2, 0) is 10.9 Å². The maximum absolute atomic E-state index is 12.8. The van der Waals surface area contributed by atoms with Crippen molar-refractivity contribution in [1.82, 2.24) is 0 Å². The second-order valence-corrected chi connectivity index (χ2v) is 13.9. The molecular formula is C32H20I3O4S+. The molecule has 0 aliphatic heterocycles. The zero-order chi connectivity index (χ0) is 28.1. The molecule has 0 aliphatic rings. The summed E-state index contributed by atoms with van der Waals surface area (Å²) in [5.74, 6) is -0.118. The zero-order valence-electron chi connectivity index (χ0n) is 20.7. The fraction of sp³-hybridized carbons (Fsp3) is 0. The van der Waals surface area contributed by atoms with Gasteiger partial charge in [0.2, 0.25) is 0 Å². The van der Waals surface area contributed by atoms with Gasteiger partial charge in [-0.15, -0.1) is 0 Å². The van der Waals surface area contributed by atoms with Crippen molar-refractivity contribution in [3.63, 3.8) is 0 Å². The first-order valence-corrected chi connectivity index (χ1v) is 16.5. The smallest absolute Gasteiger partial charge is 0.345 e. The molecule has 0 aromatic heterocycles. The molecule has 0 spiro atoms. The van der Waals surface area contributed by atoms with Crippen LogP contribution >= 0.6 is 67.8 Å². The standard InChI is InChI=1S/C32H20I3O4S/c33-27-19-20-28(34)30(35)29(27)32(37)39-22-13-11-21(12-14-22)31(36)38-23-15-17-26(18-16-23)40(24-7-3-1-4-8-24)25-9-5-2-6-10-25/h1-20H/q+1. The number of rotatable bonds is 7. The molecule has 8 heteroatoms. The van der Waals surface area contributed by atoms with Gasteiger partial charge < -0.3 is 9.47 Å². The van der Waals surface area contributed by atoms with E-state index in [2.05, 4.69) is 92.0 Å². The summed E-state index contributed by atoms with van der Waals surface area (Å²) >= 11 is 6.47. The van der Waals surface area contributed by atoms with E-state index in [0.29, 0.717) is 22.6 Å². The highest BCUT2D eigenvalue weighted by Crippen LogP contribution is 2.32. The second kappa shape index (κ2) is 13.5. The molecule has 4 nitrogen and oxygen atoms in total. The third kappa shape index (κ3) is 6.89. The number of hydrogen-bond acceptors (Lipinski definition) is 4. The van der Waals surface area contributed by atoms with Gasteiger partial charge in [-0.3, -0.25) is 0 Å². The molecule has 198 valence electrons. The number of benzene rings is 5. The second-order valence-electron chi connectivity index (χ2n) is 8.43. The fourth-order valence-electron chi connectivity index (χ4n) is 3.86. The Kier molecular flexibility index (Phi) is 9.81. The summed E-state index contributed by atoms with van der Waals surface area (Å²) in [7, 11) is -0.281. The Bertz CT molecular complexity index is 1600. The molecule has 40 heavy (non-hydrogen) atoms. The molecule has 0 saturated heterocycles. The Labute approximate surface area is 276 Å². The number of esters is 2. The Morgan fingerprint density at radius 2 is 0.950 bits per heavy atom. The molecule has 0 fully saturated rings. The van der Waals surface area contributed by atoms with Gasteiger partial charge in [0.15, 0.2) is 14.7 Å². The minimum absolute atomic E-state index is 0.281. The van der Waals surface area contributed by atoms with E-state index in [4.69, 9.17) is 9.47 Å². The summed E-state index contributed by atoms with van der Waals surface area (Å²) in [6.45, 7) is 0. The number of carbonyl (C=O) groups excluding carboxylic acids is 2. The summed E-state index contributed by atoms with van der Waals surface area (Å²) in [6, 6.07) is 38.6. The topological polar surface area (TPSA) is 52.6 Å². The number of halogens is 3. The van der Waals surface area contributed by atoms with E-state index in [1.165, 1.54) is 9.79 Å². The van der Waals surface area contributed by atoms with Gasteiger partial charge in [-0.1, -0.05) is 36.4 Å². The lowest BCUT2D eigenvalue weighted by molar-refractivity contribution is 0.0729. The Hall–Kier alpha value is -2.42. The van der Waals surface area contributed by atoms with E-state index >= 15 is 0 Å². The maximum Gasteiger partial charge on any atom is 0.345 e. The zero-order valence-corrected chi connectivity index (χ0v) is 28.0. The van der Waals surface area contributed by atoms with Crippen molar-refractivity contribution in [3.05, 3.63) is 143 Å². The van der Waals surface area contributed by atoms with Crippen LogP contribution in [0, 0.1) is 10.7 Å². The molecule has 0 radical (unpaired) electrons. The minimum Gasteiger partial charge on any atom is -0.423 e. The average molecular weight is 881 g/mol. The average Bonchev–Trinajstić information content (AvgIpc) is 2.98. The summed E-state index contributed by atoms with van der Waals surface area (Å²) in [5, 5.41) is 0. The van der Waals surface area contributed by atoms with Crippen LogP contribution in [0.15, 0.2) is 136 Å². The molecule has 0 aliphatic carbocycles. The summed E-state index contributed by atoms with van der Waals surface area (Å²) in [4.78, 5) is 29.2. The fourth-order valence-corrected chi connectivity index (χ4v) is 8.27. The van der Waals surface area contributed by atoms with E-state index in [1.54, 1.807) is 24.3 Å². The first-order chi connectivity index (χ1) is 19.4. The van der Waals surface area contributed by atoms with Gasteiger partial charge in [0.05, 0.1) is 22.0 Å². The minimum atomic E-state index is -0.488. The normalized spacial score (nSPS) is 10.8. The third-order valence-electron chi connectivity index (χ3n) is 5.78. The Balaban J connectivity index is 1.27. The molecule has 0 heterocycles. The van der Waals surface area contributed by atoms with Gasteiger partial charge in [0, 0.05) is 10.7 Å². The van der Waals surface area contributed by atoms with Crippen LogP contribution < -0.4 is 9.47 Å². The lowest BCUT2D eigenvalue weighted by Gasteiger charge is -2.10. The monoisotopic (exact) mass is 881 g/mol. The summed E-state index contributed by atoms with van der Waals surface area (Å²) < 4.78 is 13.9. The summed E-state index contributed by atoms with van der Waals surface area (Å²) in [6.07, 6.45) is 0. The lowest BCUT2D eigenvalue weighted by Crippen LogP contribution is -2.13. The van der Waals surface area contributed by atoms with Crippen molar-refractivity contribution in [2.45, 2.75) is 14.7 Å².